The van der Waals surface area contributed by atoms with Gasteiger partial charge >= 0.3 is 0 Å². The minimum Gasteiger partial charge on any atom is -0.496 e. The summed E-state index contributed by atoms with van der Waals surface area (Å²) in [6, 6.07) is 18.9. The van der Waals surface area contributed by atoms with Crippen LogP contribution in [0, 0.1) is 6.92 Å². The molecule has 0 atom stereocenters. The average molecular weight is 535 g/mol. The van der Waals surface area contributed by atoms with Crippen molar-refractivity contribution >= 4 is 55.0 Å². The molecule has 6 nitrogen and oxygen atoms in total. The highest BCUT2D eigenvalue weighted by Gasteiger charge is 2.28. The van der Waals surface area contributed by atoms with Crippen molar-refractivity contribution in [1.29, 1.82) is 0 Å². The number of anilines is 2. The fraction of sp³-hybridized carbons (Fsp3) is 0.174. The second-order valence-electron chi connectivity index (χ2n) is 6.92. The number of rotatable bonds is 8. The van der Waals surface area contributed by atoms with Crippen LogP contribution in [0.5, 0.6) is 5.75 Å². The first-order chi connectivity index (χ1) is 15.2. The van der Waals surface area contributed by atoms with Gasteiger partial charge in [0.1, 0.15) is 12.3 Å². The molecule has 1 N–H and O–H groups in total. The third kappa shape index (κ3) is 5.65. The van der Waals surface area contributed by atoms with E-state index in [2.05, 4.69) is 21.2 Å². The molecule has 0 unspecified atom stereocenters. The van der Waals surface area contributed by atoms with Crippen LogP contribution < -0.4 is 14.4 Å². The summed E-state index contributed by atoms with van der Waals surface area (Å²) in [6.07, 6.45) is 1.94. The summed E-state index contributed by atoms with van der Waals surface area (Å²) in [6.45, 7) is 1.53. The first-order valence-corrected chi connectivity index (χ1v) is 13.1. The molecule has 0 bridgehead atoms. The Labute approximate surface area is 201 Å². The number of carbonyl (C=O) groups excluding carboxylic acids is 1. The summed E-state index contributed by atoms with van der Waals surface area (Å²) in [5.41, 5.74) is 1.99. The second kappa shape index (κ2) is 10.4. The quantitative estimate of drug-likeness (QED) is 0.395. The monoisotopic (exact) mass is 534 g/mol. The lowest BCUT2D eigenvalue weighted by molar-refractivity contribution is -0.114. The van der Waals surface area contributed by atoms with Crippen LogP contribution in [-0.2, 0) is 14.8 Å². The summed E-state index contributed by atoms with van der Waals surface area (Å²) in [5, 5.41) is 2.79. The lowest BCUT2D eigenvalue weighted by Crippen LogP contribution is -2.38. The van der Waals surface area contributed by atoms with Crippen LogP contribution in [-0.4, -0.2) is 34.2 Å². The van der Waals surface area contributed by atoms with Crippen LogP contribution in [0.1, 0.15) is 5.56 Å². The van der Waals surface area contributed by atoms with Gasteiger partial charge in [0, 0.05) is 10.6 Å². The molecule has 3 aromatic carbocycles. The lowest BCUT2D eigenvalue weighted by Gasteiger charge is -2.24. The van der Waals surface area contributed by atoms with Crippen molar-refractivity contribution < 1.29 is 17.9 Å². The van der Waals surface area contributed by atoms with E-state index < -0.39 is 15.9 Å². The zero-order chi connectivity index (χ0) is 23.3. The highest BCUT2D eigenvalue weighted by atomic mass is 79.9. The fourth-order valence-electron chi connectivity index (χ4n) is 2.99. The van der Waals surface area contributed by atoms with Crippen molar-refractivity contribution in [3.8, 4) is 5.75 Å². The molecule has 168 valence electrons. The van der Waals surface area contributed by atoms with E-state index in [1.54, 1.807) is 36.0 Å². The summed E-state index contributed by atoms with van der Waals surface area (Å²) in [7, 11) is -2.53. The van der Waals surface area contributed by atoms with E-state index in [1.807, 2.05) is 43.5 Å². The zero-order valence-electron chi connectivity index (χ0n) is 17.8. The lowest BCUT2D eigenvalue weighted by atomic mass is 10.2. The highest BCUT2D eigenvalue weighted by molar-refractivity contribution is 9.10. The van der Waals surface area contributed by atoms with E-state index in [0.717, 1.165) is 14.8 Å². The molecular weight excluding hydrogens is 512 g/mol. The molecule has 0 aromatic heterocycles. The smallest absolute Gasteiger partial charge is 0.264 e. The number of aryl methyl sites for hydroxylation is 1. The van der Waals surface area contributed by atoms with Crippen LogP contribution in [0.4, 0.5) is 11.4 Å². The maximum absolute atomic E-state index is 13.5. The van der Waals surface area contributed by atoms with Gasteiger partial charge in [0.25, 0.3) is 10.0 Å². The van der Waals surface area contributed by atoms with E-state index in [9.17, 15) is 13.2 Å². The molecule has 0 saturated carbocycles. The molecule has 32 heavy (non-hydrogen) atoms. The Bertz CT molecular complexity index is 1210. The largest absolute Gasteiger partial charge is 0.496 e. The van der Waals surface area contributed by atoms with E-state index in [1.165, 1.54) is 19.2 Å². The average Bonchev–Trinajstić information content (AvgIpc) is 2.78. The SMILES string of the molecule is COc1ccc(S(=O)(=O)N(CC(=O)Nc2cccc(SC)c2)c2ccc(C)cc2)cc1Br. The molecule has 0 aliphatic carbocycles. The molecule has 0 fully saturated rings. The summed E-state index contributed by atoms with van der Waals surface area (Å²) < 4.78 is 33.9. The number of halogens is 1. The number of amides is 1. The van der Waals surface area contributed by atoms with Crippen LogP contribution in [0.3, 0.4) is 0 Å². The van der Waals surface area contributed by atoms with Crippen molar-refractivity contribution in [2.75, 3.05) is 29.5 Å². The maximum atomic E-state index is 13.5. The molecule has 0 radical (unpaired) electrons. The Morgan fingerprint density at radius 1 is 1.09 bits per heavy atom. The van der Waals surface area contributed by atoms with Gasteiger partial charge in [-0.3, -0.25) is 9.10 Å². The number of methoxy groups -OCH3 is 1. The third-order valence-corrected chi connectivity index (χ3v) is 7.79. The van der Waals surface area contributed by atoms with Gasteiger partial charge in [-0.25, -0.2) is 8.42 Å². The molecule has 1 amide bonds. The van der Waals surface area contributed by atoms with Crippen molar-refractivity contribution in [2.24, 2.45) is 0 Å². The van der Waals surface area contributed by atoms with Crippen LogP contribution in [0.15, 0.2) is 81.0 Å². The number of carbonyl (C=O) groups is 1. The number of nitrogens with one attached hydrogen (secondary N) is 1. The van der Waals surface area contributed by atoms with Gasteiger partial charge < -0.3 is 10.1 Å². The normalized spacial score (nSPS) is 11.1. The molecule has 3 rings (SSSR count). The third-order valence-electron chi connectivity index (χ3n) is 4.67. The molecule has 0 heterocycles. The number of sulfonamides is 1. The number of hydrogen-bond acceptors (Lipinski definition) is 5. The van der Waals surface area contributed by atoms with E-state index in [0.29, 0.717) is 21.6 Å². The molecule has 0 spiro atoms. The van der Waals surface area contributed by atoms with Crippen molar-refractivity contribution in [3.63, 3.8) is 0 Å². The number of nitrogens with zero attached hydrogens (tertiary/aromatic N) is 1. The summed E-state index contributed by atoms with van der Waals surface area (Å²) in [4.78, 5) is 13.9. The van der Waals surface area contributed by atoms with Gasteiger partial charge in [0.15, 0.2) is 0 Å². The molecule has 9 heteroatoms. The van der Waals surface area contributed by atoms with Crippen LogP contribution in [0.25, 0.3) is 0 Å². The van der Waals surface area contributed by atoms with Gasteiger partial charge in [0.2, 0.25) is 5.91 Å². The fourth-order valence-corrected chi connectivity index (χ4v) is 5.59. The molecular formula is C23H23BrN2O4S2. The molecule has 0 aliphatic heterocycles. The molecule has 3 aromatic rings. The summed E-state index contributed by atoms with van der Waals surface area (Å²) in [5.74, 6) is 0.0669. The Kier molecular flexibility index (Phi) is 7.86. The highest BCUT2D eigenvalue weighted by Crippen LogP contribution is 2.31. The van der Waals surface area contributed by atoms with Crippen molar-refractivity contribution in [1.82, 2.24) is 0 Å². The van der Waals surface area contributed by atoms with E-state index >= 15 is 0 Å². The van der Waals surface area contributed by atoms with Crippen molar-refractivity contribution in [3.05, 3.63) is 76.8 Å². The Balaban J connectivity index is 1.95. The number of benzene rings is 3. The molecule has 0 aliphatic rings. The topological polar surface area (TPSA) is 75.7 Å². The Morgan fingerprint density at radius 3 is 2.44 bits per heavy atom. The molecule has 0 saturated heterocycles. The second-order valence-corrected chi connectivity index (χ2v) is 10.5. The van der Waals surface area contributed by atoms with Gasteiger partial charge in [-0.2, -0.15) is 0 Å². The van der Waals surface area contributed by atoms with Crippen molar-refractivity contribution in [2.45, 2.75) is 16.7 Å². The van der Waals surface area contributed by atoms with Crippen LogP contribution >= 0.6 is 27.7 Å². The zero-order valence-corrected chi connectivity index (χ0v) is 21.1. The minimum absolute atomic E-state index is 0.0444. The van der Waals surface area contributed by atoms with E-state index in [-0.39, 0.29) is 11.4 Å². The van der Waals surface area contributed by atoms with Gasteiger partial charge in [0.05, 0.1) is 22.2 Å². The summed E-state index contributed by atoms with van der Waals surface area (Å²) >= 11 is 4.89. The Hall–Kier alpha value is -2.49. The maximum Gasteiger partial charge on any atom is 0.264 e. The first kappa shape index (κ1) is 24.2. The van der Waals surface area contributed by atoms with Crippen LogP contribution in [0.2, 0.25) is 0 Å². The predicted molar refractivity (Wildman–Crippen MR) is 133 cm³/mol. The van der Waals surface area contributed by atoms with Gasteiger partial charge in [-0.1, -0.05) is 23.8 Å². The standard InChI is InChI=1S/C23H23BrN2O4S2/c1-16-7-9-18(10-8-16)26(15-23(27)25-17-5-4-6-19(13-17)31-3)32(28,29)20-11-12-22(30-2)21(24)14-20/h4-14H,15H2,1-3H3,(H,25,27). The minimum atomic E-state index is -4.03. The van der Waals surface area contributed by atoms with Gasteiger partial charge in [-0.05, 0) is 77.6 Å². The number of thioether (sulfide) groups is 1. The number of ether oxygens (including phenoxy) is 1. The Morgan fingerprint density at radius 2 is 1.81 bits per heavy atom. The number of hydrogen-bond donors (Lipinski definition) is 1. The van der Waals surface area contributed by atoms with E-state index in [4.69, 9.17) is 4.74 Å². The van der Waals surface area contributed by atoms with Gasteiger partial charge in [-0.15, -0.1) is 11.8 Å². The first-order valence-electron chi connectivity index (χ1n) is 9.61. The predicted octanol–water partition coefficient (Wildman–Crippen LogP) is 5.32.